The Morgan fingerprint density at radius 2 is 2.11 bits per heavy atom. The lowest BCUT2D eigenvalue weighted by Gasteiger charge is -2.20. The van der Waals surface area contributed by atoms with Crippen LogP contribution in [0.3, 0.4) is 0 Å². The first kappa shape index (κ1) is 13.1. The molecule has 1 aromatic heterocycles. The Morgan fingerprint density at radius 3 is 2.78 bits per heavy atom. The fourth-order valence-electron chi connectivity index (χ4n) is 2.14. The van der Waals surface area contributed by atoms with E-state index in [1.807, 2.05) is 18.2 Å². The molecule has 3 heteroatoms. The van der Waals surface area contributed by atoms with E-state index < -0.39 is 0 Å². The van der Waals surface area contributed by atoms with Crippen molar-refractivity contribution in [2.45, 2.75) is 32.4 Å². The molecule has 0 aliphatic carbocycles. The lowest BCUT2D eigenvalue weighted by atomic mass is 10.1. The summed E-state index contributed by atoms with van der Waals surface area (Å²) in [6.45, 7) is 4.32. The van der Waals surface area contributed by atoms with Gasteiger partial charge in [0.1, 0.15) is 5.75 Å². The second-order valence-electron chi connectivity index (χ2n) is 4.72. The highest BCUT2D eigenvalue weighted by atomic mass is 32.1. The number of thiophene rings is 1. The average molecular weight is 261 g/mol. The summed E-state index contributed by atoms with van der Waals surface area (Å²) in [6, 6.07) is 10.3. The minimum absolute atomic E-state index is 0.241. The Balaban J connectivity index is 1.92. The van der Waals surface area contributed by atoms with Crippen LogP contribution < -0.4 is 5.32 Å². The summed E-state index contributed by atoms with van der Waals surface area (Å²) in [6.07, 6.45) is 1.03. The molecule has 0 amide bonds. The molecule has 0 saturated heterocycles. The first-order valence-corrected chi connectivity index (χ1v) is 7.15. The molecule has 96 valence electrons. The SMILES string of the molecule is CC(Cc1ccsc1)NC(C)c1cccc(O)c1. The number of hydrogen-bond donors (Lipinski definition) is 2. The fourth-order valence-corrected chi connectivity index (χ4v) is 2.82. The van der Waals surface area contributed by atoms with Gasteiger partial charge in [-0.3, -0.25) is 0 Å². The summed E-state index contributed by atoms with van der Waals surface area (Å²) in [7, 11) is 0. The molecule has 0 aliphatic rings. The normalized spacial score (nSPS) is 14.3. The molecule has 2 N–H and O–H groups in total. The molecule has 0 bridgehead atoms. The molecule has 0 aliphatic heterocycles. The van der Waals surface area contributed by atoms with Gasteiger partial charge in [0.15, 0.2) is 0 Å². The van der Waals surface area contributed by atoms with Crippen LogP contribution >= 0.6 is 11.3 Å². The van der Waals surface area contributed by atoms with Crippen molar-refractivity contribution in [1.29, 1.82) is 0 Å². The first-order valence-electron chi connectivity index (χ1n) is 6.21. The first-order chi connectivity index (χ1) is 8.65. The van der Waals surface area contributed by atoms with Crippen molar-refractivity contribution in [3.05, 3.63) is 52.2 Å². The van der Waals surface area contributed by atoms with E-state index in [4.69, 9.17) is 0 Å². The van der Waals surface area contributed by atoms with Crippen molar-refractivity contribution in [3.8, 4) is 5.75 Å². The molecule has 2 aromatic rings. The van der Waals surface area contributed by atoms with Crippen molar-refractivity contribution < 1.29 is 5.11 Å². The Morgan fingerprint density at radius 1 is 1.28 bits per heavy atom. The summed E-state index contributed by atoms with van der Waals surface area (Å²) < 4.78 is 0. The van der Waals surface area contributed by atoms with Gasteiger partial charge in [-0.15, -0.1) is 0 Å². The van der Waals surface area contributed by atoms with Crippen LogP contribution in [0.2, 0.25) is 0 Å². The van der Waals surface area contributed by atoms with Crippen LogP contribution in [0.4, 0.5) is 0 Å². The quantitative estimate of drug-likeness (QED) is 0.859. The smallest absolute Gasteiger partial charge is 0.115 e. The Hall–Kier alpha value is -1.32. The molecular formula is C15H19NOS. The molecule has 0 radical (unpaired) electrons. The third-order valence-corrected chi connectivity index (χ3v) is 3.76. The van der Waals surface area contributed by atoms with E-state index in [0.717, 1.165) is 12.0 Å². The predicted octanol–water partition coefficient (Wildman–Crippen LogP) is 3.74. The topological polar surface area (TPSA) is 32.3 Å². The molecule has 2 unspecified atom stereocenters. The van der Waals surface area contributed by atoms with Gasteiger partial charge in [-0.25, -0.2) is 0 Å². The lowest BCUT2D eigenvalue weighted by molar-refractivity contribution is 0.461. The van der Waals surface area contributed by atoms with Gasteiger partial charge in [0.25, 0.3) is 0 Å². The van der Waals surface area contributed by atoms with E-state index in [-0.39, 0.29) is 6.04 Å². The molecule has 1 heterocycles. The maximum Gasteiger partial charge on any atom is 0.115 e. The van der Waals surface area contributed by atoms with E-state index in [9.17, 15) is 5.11 Å². The highest BCUT2D eigenvalue weighted by molar-refractivity contribution is 7.07. The molecule has 2 atom stereocenters. The van der Waals surface area contributed by atoms with Crippen LogP contribution in [0.5, 0.6) is 5.75 Å². The molecule has 2 rings (SSSR count). The van der Waals surface area contributed by atoms with Crippen LogP contribution in [0.1, 0.15) is 31.0 Å². The van der Waals surface area contributed by atoms with Gasteiger partial charge in [-0.05, 0) is 60.4 Å². The van der Waals surface area contributed by atoms with Gasteiger partial charge < -0.3 is 10.4 Å². The largest absolute Gasteiger partial charge is 0.508 e. The van der Waals surface area contributed by atoms with Crippen molar-refractivity contribution in [3.63, 3.8) is 0 Å². The average Bonchev–Trinajstić information content (AvgIpc) is 2.81. The van der Waals surface area contributed by atoms with Crippen LogP contribution in [0, 0.1) is 0 Å². The second-order valence-corrected chi connectivity index (χ2v) is 5.50. The number of nitrogens with one attached hydrogen (secondary N) is 1. The number of rotatable bonds is 5. The Labute approximate surface area is 112 Å². The standard InChI is InChI=1S/C15H19NOS/c1-11(8-13-6-7-18-10-13)16-12(2)14-4-3-5-15(17)9-14/h3-7,9-12,16-17H,8H2,1-2H3. The van der Waals surface area contributed by atoms with Crippen molar-refractivity contribution in [1.82, 2.24) is 5.32 Å². The third kappa shape index (κ3) is 3.59. The highest BCUT2D eigenvalue weighted by Gasteiger charge is 2.10. The zero-order valence-electron chi connectivity index (χ0n) is 10.8. The second kappa shape index (κ2) is 6.03. The summed E-state index contributed by atoms with van der Waals surface area (Å²) in [5, 5.41) is 17.3. The monoisotopic (exact) mass is 261 g/mol. The number of phenols is 1. The molecule has 0 fully saturated rings. The van der Waals surface area contributed by atoms with Gasteiger partial charge >= 0.3 is 0 Å². The number of phenolic OH excluding ortho intramolecular Hbond substituents is 1. The van der Waals surface area contributed by atoms with E-state index in [1.54, 1.807) is 17.4 Å². The van der Waals surface area contributed by atoms with Gasteiger partial charge in [0.2, 0.25) is 0 Å². The highest BCUT2D eigenvalue weighted by Crippen LogP contribution is 2.19. The van der Waals surface area contributed by atoms with Gasteiger partial charge in [0.05, 0.1) is 0 Å². The molecule has 2 nitrogen and oxygen atoms in total. The van der Waals surface area contributed by atoms with Gasteiger partial charge in [0, 0.05) is 12.1 Å². The van der Waals surface area contributed by atoms with E-state index in [2.05, 4.69) is 36.0 Å². The zero-order chi connectivity index (χ0) is 13.0. The van der Waals surface area contributed by atoms with Gasteiger partial charge in [-0.2, -0.15) is 11.3 Å². The molecule has 0 spiro atoms. The predicted molar refractivity (Wildman–Crippen MR) is 77.1 cm³/mol. The van der Waals surface area contributed by atoms with Crippen LogP contribution in [0.15, 0.2) is 41.1 Å². The molecular weight excluding hydrogens is 242 g/mol. The zero-order valence-corrected chi connectivity index (χ0v) is 11.6. The number of hydrogen-bond acceptors (Lipinski definition) is 3. The summed E-state index contributed by atoms with van der Waals surface area (Å²) in [5.41, 5.74) is 2.50. The van der Waals surface area contributed by atoms with E-state index >= 15 is 0 Å². The summed E-state index contributed by atoms with van der Waals surface area (Å²) >= 11 is 1.74. The lowest BCUT2D eigenvalue weighted by Crippen LogP contribution is -2.30. The summed E-state index contributed by atoms with van der Waals surface area (Å²) in [4.78, 5) is 0. The molecule has 18 heavy (non-hydrogen) atoms. The molecule has 0 saturated carbocycles. The number of aromatic hydroxyl groups is 1. The minimum atomic E-state index is 0.241. The van der Waals surface area contributed by atoms with Crippen molar-refractivity contribution >= 4 is 11.3 Å². The van der Waals surface area contributed by atoms with Crippen LogP contribution in [-0.4, -0.2) is 11.1 Å². The van der Waals surface area contributed by atoms with Crippen LogP contribution in [-0.2, 0) is 6.42 Å². The van der Waals surface area contributed by atoms with Crippen LogP contribution in [0.25, 0.3) is 0 Å². The van der Waals surface area contributed by atoms with Crippen molar-refractivity contribution in [2.75, 3.05) is 0 Å². The van der Waals surface area contributed by atoms with Gasteiger partial charge in [-0.1, -0.05) is 12.1 Å². The Bertz CT molecular complexity index is 481. The minimum Gasteiger partial charge on any atom is -0.508 e. The Kier molecular flexibility index (Phi) is 4.39. The van der Waals surface area contributed by atoms with E-state index in [0.29, 0.717) is 11.8 Å². The maximum atomic E-state index is 9.48. The van der Waals surface area contributed by atoms with Crippen molar-refractivity contribution in [2.24, 2.45) is 0 Å². The summed E-state index contributed by atoms with van der Waals surface area (Å²) in [5.74, 6) is 0.326. The maximum absolute atomic E-state index is 9.48. The fraction of sp³-hybridized carbons (Fsp3) is 0.333. The van der Waals surface area contributed by atoms with E-state index in [1.165, 1.54) is 5.56 Å². The third-order valence-electron chi connectivity index (χ3n) is 3.03. The number of benzene rings is 1. The molecule has 1 aromatic carbocycles.